The number of carbonyl (C=O) groups is 1. The first kappa shape index (κ1) is 20.7. The van der Waals surface area contributed by atoms with E-state index in [1.807, 2.05) is 55.1 Å². The third-order valence-corrected chi connectivity index (χ3v) is 5.71. The Bertz CT molecular complexity index is 1010. The van der Waals surface area contributed by atoms with Crippen LogP contribution >= 0.6 is 27.7 Å². The smallest absolute Gasteiger partial charge is 0.219 e. The summed E-state index contributed by atoms with van der Waals surface area (Å²) in [5.74, 6) is 1.23. The number of hydrogen-bond acceptors (Lipinski definition) is 4. The summed E-state index contributed by atoms with van der Waals surface area (Å²) >= 11 is 5.40. The van der Waals surface area contributed by atoms with Crippen LogP contribution in [0, 0.1) is 0 Å². The monoisotopic (exact) mass is 458 g/mol. The van der Waals surface area contributed by atoms with Gasteiger partial charge in [-0.3, -0.25) is 4.79 Å². The molecule has 4 nitrogen and oxygen atoms in total. The third kappa shape index (κ3) is 5.26. The first-order valence-corrected chi connectivity index (χ1v) is 10.8. The molecule has 0 saturated heterocycles. The Balaban J connectivity index is 1.80. The fourth-order valence-corrected chi connectivity index (χ4v) is 4.35. The molecule has 0 spiro atoms. The summed E-state index contributed by atoms with van der Waals surface area (Å²) in [5.41, 5.74) is 1.89. The number of fused-ring (bicyclic) bond motifs is 1. The summed E-state index contributed by atoms with van der Waals surface area (Å²) in [7, 11) is 0. The molecule has 146 valence electrons. The second-order valence-corrected chi connectivity index (χ2v) is 9.39. The van der Waals surface area contributed by atoms with Crippen molar-refractivity contribution in [1.29, 1.82) is 0 Å². The number of ether oxygens (including phenoxy) is 1. The highest BCUT2D eigenvalue weighted by atomic mass is 79.9. The van der Waals surface area contributed by atoms with Crippen molar-refractivity contribution in [2.75, 3.05) is 0 Å². The number of halogens is 1. The maximum atomic E-state index is 11.3. The van der Waals surface area contributed by atoms with E-state index in [-0.39, 0.29) is 11.9 Å². The van der Waals surface area contributed by atoms with Crippen LogP contribution in [0.25, 0.3) is 10.9 Å². The van der Waals surface area contributed by atoms with Crippen LogP contribution in [-0.4, -0.2) is 16.1 Å². The Kier molecular flexibility index (Phi) is 6.62. The minimum Gasteiger partial charge on any atom is -0.438 e. The highest BCUT2D eigenvalue weighted by molar-refractivity contribution is 9.10. The normalized spacial score (nSPS) is 12.2. The van der Waals surface area contributed by atoms with E-state index in [0.717, 1.165) is 26.7 Å². The molecule has 6 heteroatoms. The summed E-state index contributed by atoms with van der Waals surface area (Å²) < 4.78 is 6.89. The van der Waals surface area contributed by atoms with Crippen molar-refractivity contribution < 1.29 is 9.53 Å². The van der Waals surface area contributed by atoms with E-state index in [2.05, 4.69) is 52.2 Å². The molecule has 1 amide bonds. The van der Waals surface area contributed by atoms with E-state index in [1.165, 1.54) is 11.8 Å². The number of aromatic nitrogens is 1. The van der Waals surface area contributed by atoms with E-state index in [9.17, 15) is 4.79 Å². The van der Waals surface area contributed by atoms with Gasteiger partial charge in [-0.1, -0.05) is 19.9 Å². The maximum absolute atomic E-state index is 11.3. The van der Waals surface area contributed by atoms with Gasteiger partial charge in [-0.05, 0) is 64.8 Å². The Hall–Kier alpha value is -2.05. The number of hydrogen-bond donors (Lipinski definition) is 1. The predicted octanol–water partition coefficient (Wildman–Crippen LogP) is 6.49. The van der Waals surface area contributed by atoms with Crippen molar-refractivity contribution in [3.05, 3.63) is 58.6 Å². The number of nitrogens with one attached hydrogen (secondary N) is 1. The Morgan fingerprint density at radius 2 is 1.89 bits per heavy atom. The molecule has 2 aromatic carbocycles. The lowest BCUT2D eigenvalue weighted by molar-refractivity contribution is -0.119. The van der Waals surface area contributed by atoms with Crippen molar-refractivity contribution in [1.82, 2.24) is 10.3 Å². The van der Waals surface area contributed by atoms with Crippen molar-refractivity contribution in [2.45, 2.75) is 43.9 Å². The SMILES string of the molecule is CC(=O)NC(C)c1ccc2nc(Oc3ccc(SC(C)C)cc3Br)ccc2c1. The Morgan fingerprint density at radius 1 is 1.11 bits per heavy atom. The van der Waals surface area contributed by atoms with E-state index in [0.29, 0.717) is 11.1 Å². The van der Waals surface area contributed by atoms with Gasteiger partial charge in [-0.15, -0.1) is 11.8 Å². The minimum atomic E-state index is -0.0454. The molecule has 1 heterocycles. The minimum absolute atomic E-state index is 0.0436. The summed E-state index contributed by atoms with van der Waals surface area (Å²) in [4.78, 5) is 17.1. The molecule has 0 saturated carbocycles. The summed E-state index contributed by atoms with van der Waals surface area (Å²) in [6, 6.07) is 15.9. The number of rotatable bonds is 6. The van der Waals surface area contributed by atoms with Crippen molar-refractivity contribution in [3.8, 4) is 11.6 Å². The summed E-state index contributed by atoms with van der Waals surface area (Å²) in [6.45, 7) is 7.83. The maximum Gasteiger partial charge on any atom is 0.219 e. The standard InChI is InChI=1S/C22H23BrN2O2S/c1-13(2)28-18-7-9-21(19(23)12-18)27-22-10-6-17-11-16(5-8-20(17)25-22)14(3)24-15(4)26/h5-14H,1-4H3,(H,24,26). The first-order chi connectivity index (χ1) is 13.3. The van der Waals surface area contributed by atoms with Crippen LogP contribution in [0.5, 0.6) is 11.6 Å². The molecule has 3 rings (SSSR count). The first-order valence-electron chi connectivity index (χ1n) is 9.13. The molecule has 0 aliphatic carbocycles. The zero-order valence-corrected chi connectivity index (χ0v) is 18.7. The molecule has 0 radical (unpaired) electrons. The molecule has 0 aliphatic rings. The van der Waals surface area contributed by atoms with Crippen LogP contribution in [0.2, 0.25) is 0 Å². The molecule has 1 N–H and O–H groups in total. The molecule has 3 aromatic rings. The molecule has 1 atom stereocenters. The van der Waals surface area contributed by atoms with Gasteiger partial charge >= 0.3 is 0 Å². The van der Waals surface area contributed by atoms with Crippen LogP contribution in [-0.2, 0) is 4.79 Å². The number of thioether (sulfide) groups is 1. The zero-order chi connectivity index (χ0) is 20.3. The molecule has 28 heavy (non-hydrogen) atoms. The van der Waals surface area contributed by atoms with Crippen molar-refractivity contribution >= 4 is 44.5 Å². The molecule has 1 unspecified atom stereocenters. The number of carbonyl (C=O) groups excluding carboxylic acids is 1. The molecule has 1 aromatic heterocycles. The number of pyridine rings is 1. The highest BCUT2D eigenvalue weighted by Gasteiger charge is 2.10. The predicted molar refractivity (Wildman–Crippen MR) is 119 cm³/mol. The largest absolute Gasteiger partial charge is 0.438 e. The topological polar surface area (TPSA) is 51.2 Å². The van der Waals surface area contributed by atoms with E-state index in [4.69, 9.17) is 4.74 Å². The van der Waals surface area contributed by atoms with Gasteiger partial charge in [0.25, 0.3) is 0 Å². The fraction of sp³-hybridized carbons (Fsp3) is 0.273. The number of nitrogens with zero attached hydrogens (tertiary/aromatic N) is 1. The third-order valence-electron chi connectivity index (χ3n) is 4.10. The second-order valence-electron chi connectivity index (χ2n) is 6.88. The van der Waals surface area contributed by atoms with Crippen molar-refractivity contribution in [2.24, 2.45) is 0 Å². The lowest BCUT2D eigenvalue weighted by atomic mass is 10.1. The Labute approximate surface area is 178 Å². The number of amides is 1. The van der Waals surface area contributed by atoms with Gasteiger partial charge in [-0.25, -0.2) is 4.98 Å². The van der Waals surface area contributed by atoms with Crippen LogP contribution < -0.4 is 10.1 Å². The highest BCUT2D eigenvalue weighted by Crippen LogP contribution is 2.34. The molecule has 0 aliphatic heterocycles. The molecular formula is C22H23BrN2O2S. The van der Waals surface area contributed by atoms with Crippen LogP contribution in [0.3, 0.4) is 0 Å². The number of benzene rings is 2. The van der Waals surface area contributed by atoms with E-state index < -0.39 is 0 Å². The summed E-state index contributed by atoms with van der Waals surface area (Å²) in [6.07, 6.45) is 0. The molecule has 0 fully saturated rings. The average molecular weight is 459 g/mol. The van der Waals surface area contributed by atoms with Gasteiger partial charge in [0.1, 0.15) is 5.75 Å². The lowest BCUT2D eigenvalue weighted by Crippen LogP contribution is -2.23. The van der Waals surface area contributed by atoms with Gasteiger partial charge in [0, 0.05) is 28.5 Å². The van der Waals surface area contributed by atoms with Crippen LogP contribution in [0.4, 0.5) is 0 Å². The van der Waals surface area contributed by atoms with E-state index >= 15 is 0 Å². The Morgan fingerprint density at radius 3 is 2.57 bits per heavy atom. The average Bonchev–Trinajstić information content (AvgIpc) is 2.62. The van der Waals surface area contributed by atoms with Gasteiger partial charge in [0.05, 0.1) is 16.0 Å². The van der Waals surface area contributed by atoms with Crippen LogP contribution in [0.1, 0.15) is 39.3 Å². The lowest BCUT2D eigenvalue weighted by Gasteiger charge is -2.14. The van der Waals surface area contributed by atoms with Gasteiger partial charge in [0.15, 0.2) is 0 Å². The molecular weight excluding hydrogens is 436 g/mol. The van der Waals surface area contributed by atoms with E-state index in [1.54, 1.807) is 0 Å². The summed E-state index contributed by atoms with van der Waals surface area (Å²) in [5, 5.41) is 4.43. The second kappa shape index (κ2) is 8.97. The van der Waals surface area contributed by atoms with Crippen LogP contribution in [0.15, 0.2) is 57.9 Å². The van der Waals surface area contributed by atoms with Gasteiger partial charge in [-0.2, -0.15) is 0 Å². The quantitative estimate of drug-likeness (QED) is 0.429. The fourth-order valence-electron chi connectivity index (χ4n) is 2.86. The zero-order valence-electron chi connectivity index (χ0n) is 16.3. The van der Waals surface area contributed by atoms with Gasteiger partial charge in [0.2, 0.25) is 11.8 Å². The molecule has 0 bridgehead atoms. The van der Waals surface area contributed by atoms with Crippen molar-refractivity contribution in [3.63, 3.8) is 0 Å². The van der Waals surface area contributed by atoms with Gasteiger partial charge < -0.3 is 10.1 Å².